The van der Waals surface area contributed by atoms with Crippen molar-refractivity contribution >= 4 is 5.69 Å². The maximum absolute atomic E-state index is 13.1. The van der Waals surface area contributed by atoms with E-state index < -0.39 is 0 Å². The fraction of sp³-hybridized carbons (Fsp3) is 0.500. The van der Waals surface area contributed by atoms with E-state index in [0.717, 1.165) is 18.8 Å². The second-order valence-electron chi connectivity index (χ2n) is 4.24. The number of benzene rings is 1. The molecule has 1 aliphatic rings. The summed E-state index contributed by atoms with van der Waals surface area (Å²) in [7, 11) is 0. The van der Waals surface area contributed by atoms with Crippen LogP contribution >= 0.6 is 0 Å². The van der Waals surface area contributed by atoms with Crippen molar-refractivity contribution in [1.29, 1.82) is 0 Å². The van der Waals surface area contributed by atoms with Crippen molar-refractivity contribution in [3.05, 3.63) is 30.1 Å². The Labute approximate surface area is 90.1 Å². The van der Waals surface area contributed by atoms with E-state index in [1.165, 1.54) is 6.07 Å². The molecule has 0 spiro atoms. The molecule has 2 nitrogen and oxygen atoms in total. The Morgan fingerprint density at radius 3 is 2.53 bits per heavy atom. The predicted molar refractivity (Wildman–Crippen MR) is 60.7 cm³/mol. The van der Waals surface area contributed by atoms with E-state index in [4.69, 9.17) is 0 Å². The highest BCUT2D eigenvalue weighted by molar-refractivity contribution is 5.49. The molecule has 1 saturated heterocycles. The summed E-state index contributed by atoms with van der Waals surface area (Å²) in [5.74, 6) is -0.162. The number of hydrogen-bond donors (Lipinski definition) is 1. The average Bonchev–Trinajstić information content (AvgIpc) is 2.17. The summed E-state index contributed by atoms with van der Waals surface area (Å²) in [6, 6.07) is 7.67. The minimum atomic E-state index is -0.162. The maximum atomic E-state index is 13.1. The van der Waals surface area contributed by atoms with Crippen LogP contribution in [0.2, 0.25) is 0 Å². The van der Waals surface area contributed by atoms with Crippen LogP contribution in [0, 0.1) is 5.82 Å². The van der Waals surface area contributed by atoms with Gasteiger partial charge in [0, 0.05) is 30.9 Å². The van der Waals surface area contributed by atoms with E-state index in [-0.39, 0.29) is 5.82 Å². The molecule has 2 rings (SSSR count). The summed E-state index contributed by atoms with van der Waals surface area (Å²) in [6.45, 7) is 6.24. The Balaban J connectivity index is 2.27. The van der Waals surface area contributed by atoms with E-state index in [1.807, 2.05) is 6.07 Å². The van der Waals surface area contributed by atoms with E-state index in [2.05, 4.69) is 24.1 Å². The number of halogens is 1. The van der Waals surface area contributed by atoms with Gasteiger partial charge in [-0.05, 0) is 32.0 Å². The molecule has 2 unspecified atom stereocenters. The molecule has 1 aromatic rings. The number of nitrogens with zero attached hydrogens (tertiary/aromatic N) is 1. The van der Waals surface area contributed by atoms with Gasteiger partial charge in [-0.3, -0.25) is 0 Å². The molecule has 0 saturated carbocycles. The highest BCUT2D eigenvalue weighted by Crippen LogP contribution is 2.22. The van der Waals surface area contributed by atoms with Gasteiger partial charge >= 0.3 is 0 Å². The molecule has 0 aromatic heterocycles. The SMILES string of the molecule is CC1CNCC(C)N1c1cccc(F)c1. The van der Waals surface area contributed by atoms with Crippen LogP contribution in [-0.4, -0.2) is 25.2 Å². The quantitative estimate of drug-likeness (QED) is 0.759. The molecule has 82 valence electrons. The number of nitrogens with one attached hydrogen (secondary N) is 1. The summed E-state index contributed by atoms with van der Waals surface area (Å²) in [6.07, 6.45) is 0. The lowest BCUT2D eigenvalue weighted by Gasteiger charge is -2.41. The smallest absolute Gasteiger partial charge is 0.125 e. The third-order valence-electron chi connectivity index (χ3n) is 2.94. The Hall–Kier alpha value is -1.09. The molecular weight excluding hydrogens is 191 g/mol. The fourth-order valence-corrected chi connectivity index (χ4v) is 2.28. The lowest BCUT2D eigenvalue weighted by atomic mass is 10.1. The summed E-state index contributed by atoms with van der Waals surface area (Å²) in [5.41, 5.74) is 0.983. The second kappa shape index (κ2) is 4.19. The van der Waals surface area contributed by atoms with Crippen LogP contribution in [0.25, 0.3) is 0 Å². The third-order valence-corrected chi connectivity index (χ3v) is 2.94. The van der Waals surface area contributed by atoms with Crippen LogP contribution in [-0.2, 0) is 0 Å². The molecule has 0 bridgehead atoms. The Morgan fingerprint density at radius 1 is 1.27 bits per heavy atom. The Bertz CT molecular complexity index is 330. The van der Waals surface area contributed by atoms with Gasteiger partial charge in [0.2, 0.25) is 0 Å². The molecule has 1 fully saturated rings. The summed E-state index contributed by atoms with van der Waals surface area (Å²) in [5, 5.41) is 3.36. The van der Waals surface area contributed by atoms with Gasteiger partial charge < -0.3 is 10.2 Å². The van der Waals surface area contributed by atoms with Crippen molar-refractivity contribution in [3.8, 4) is 0 Å². The van der Waals surface area contributed by atoms with Crippen LogP contribution in [0.5, 0.6) is 0 Å². The third kappa shape index (κ3) is 2.12. The first-order valence-electron chi connectivity index (χ1n) is 5.43. The van der Waals surface area contributed by atoms with Crippen molar-refractivity contribution in [3.63, 3.8) is 0 Å². The van der Waals surface area contributed by atoms with Gasteiger partial charge in [-0.25, -0.2) is 4.39 Å². The highest BCUT2D eigenvalue weighted by Gasteiger charge is 2.24. The molecule has 0 radical (unpaired) electrons. The summed E-state index contributed by atoms with van der Waals surface area (Å²) >= 11 is 0. The molecular formula is C12H17FN2. The summed E-state index contributed by atoms with van der Waals surface area (Å²) in [4.78, 5) is 2.28. The molecule has 2 atom stereocenters. The van der Waals surface area contributed by atoms with Gasteiger partial charge in [0.1, 0.15) is 5.82 Å². The Morgan fingerprint density at radius 2 is 1.93 bits per heavy atom. The van der Waals surface area contributed by atoms with Gasteiger partial charge in [0.25, 0.3) is 0 Å². The van der Waals surface area contributed by atoms with Gasteiger partial charge in [0.15, 0.2) is 0 Å². The lowest BCUT2D eigenvalue weighted by molar-refractivity contribution is 0.431. The minimum Gasteiger partial charge on any atom is -0.363 e. The zero-order valence-electron chi connectivity index (χ0n) is 9.20. The van der Waals surface area contributed by atoms with E-state index in [0.29, 0.717) is 12.1 Å². The molecule has 15 heavy (non-hydrogen) atoms. The predicted octanol–water partition coefficient (Wildman–Crippen LogP) is 2.01. The van der Waals surface area contributed by atoms with Crippen LogP contribution in [0.1, 0.15) is 13.8 Å². The zero-order valence-corrected chi connectivity index (χ0v) is 9.20. The largest absolute Gasteiger partial charge is 0.363 e. The van der Waals surface area contributed by atoms with E-state index in [1.54, 1.807) is 12.1 Å². The minimum absolute atomic E-state index is 0.162. The normalized spacial score (nSPS) is 26.7. The van der Waals surface area contributed by atoms with Crippen molar-refractivity contribution < 1.29 is 4.39 Å². The van der Waals surface area contributed by atoms with Gasteiger partial charge in [-0.2, -0.15) is 0 Å². The fourth-order valence-electron chi connectivity index (χ4n) is 2.28. The van der Waals surface area contributed by atoms with Gasteiger partial charge in [0.05, 0.1) is 0 Å². The van der Waals surface area contributed by atoms with Gasteiger partial charge in [-0.15, -0.1) is 0 Å². The average molecular weight is 208 g/mol. The first-order chi connectivity index (χ1) is 7.18. The number of anilines is 1. The number of hydrogen-bond acceptors (Lipinski definition) is 2. The topological polar surface area (TPSA) is 15.3 Å². The lowest BCUT2D eigenvalue weighted by Crippen LogP contribution is -2.55. The molecule has 3 heteroatoms. The van der Waals surface area contributed by atoms with E-state index in [9.17, 15) is 4.39 Å². The summed E-state index contributed by atoms with van der Waals surface area (Å²) < 4.78 is 13.1. The molecule has 1 aliphatic heterocycles. The van der Waals surface area contributed by atoms with Gasteiger partial charge in [-0.1, -0.05) is 6.07 Å². The van der Waals surface area contributed by atoms with Crippen LogP contribution in [0.4, 0.5) is 10.1 Å². The number of piperazine rings is 1. The first-order valence-corrected chi connectivity index (χ1v) is 5.43. The highest BCUT2D eigenvalue weighted by atomic mass is 19.1. The number of rotatable bonds is 1. The van der Waals surface area contributed by atoms with E-state index >= 15 is 0 Å². The molecule has 1 aromatic carbocycles. The molecule has 1 heterocycles. The van der Waals surface area contributed by atoms with Crippen LogP contribution in [0.15, 0.2) is 24.3 Å². The Kier molecular flexibility index (Phi) is 2.91. The maximum Gasteiger partial charge on any atom is 0.125 e. The van der Waals surface area contributed by atoms with Crippen molar-refractivity contribution in [2.45, 2.75) is 25.9 Å². The second-order valence-corrected chi connectivity index (χ2v) is 4.24. The molecule has 0 amide bonds. The molecule has 1 N–H and O–H groups in total. The zero-order chi connectivity index (χ0) is 10.8. The van der Waals surface area contributed by atoms with Crippen molar-refractivity contribution in [1.82, 2.24) is 5.32 Å². The molecule has 0 aliphatic carbocycles. The van der Waals surface area contributed by atoms with Crippen molar-refractivity contribution in [2.24, 2.45) is 0 Å². The standard InChI is InChI=1S/C12H17FN2/c1-9-7-14-8-10(2)15(9)12-5-3-4-11(13)6-12/h3-6,9-10,14H,7-8H2,1-2H3. The van der Waals surface area contributed by atoms with Crippen molar-refractivity contribution in [2.75, 3.05) is 18.0 Å². The monoisotopic (exact) mass is 208 g/mol. The van der Waals surface area contributed by atoms with Crippen LogP contribution in [0.3, 0.4) is 0 Å². The first kappa shape index (κ1) is 10.4. The van der Waals surface area contributed by atoms with Crippen LogP contribution < -0.4 is 10.2 Å².